The van der Waals surface area contributed by atoms with Crippen molar-refractivity contribution >= 4 is 11.3 Å². The van der Waals surface area contributed by atoms with Gasteiger partial charge in [0.15, 0.2) is 11.6 Å². The zero-order chi connectivity index (χ0) is 10.8. The predicted octanol–water partition coefficient (Wildman–Crippen LogP) is 3.56. The maximum absolute atomic E-state index is 13.0. The molecule has 1 aromatic heterocycles. The SMILES string of the molecule is N#Cc1sccc1-c1ccc(F)c(F)c1. The first-order chi connectivity index (χ1) is 7.22. The molecule has 0 saturated carbocycles. The number of thiophene rings is 1. The maximum atomic E-state index is 13.0. The van der Waals surface area contributed by atoms with E-state index in [1.807, 2.05) is 6.07 Å². The van der Waals surface area contributed by atoms with Gasteiger partial charge >= 0.3 is 0 Å². The molecule has 0 aliphatic carbocycles. The van der Waals surface area contributed by atoms with Gasteiger partial charge in [-0.15, -0.1) is 11.3 Å². The van der Waals surface area contributed by atoms with Crippen molar-refractivity contribution in [3.63, 3.8) is 0 Å². The molecular weight excluding hydrogens is 216 g/mol. The van der Waals surface area contributed by atoms with Crippen molar-refractivity contribution in [1.82, 2.24) is 0 Å². The molecule has 0 spiro atoms. The molecule has 0 saturated heterocycles. The van der Waals surface area contributed by atoms with Crippen molar-refractivity contribution in [1.29, 1.82) is 5.26 Å². The minimum atomic E-state index is -0.900. The minimum absolute atomic E-state index is 0.501. The highest BCUT2D eigenvalue weighted by Gasteiger charge is 2.09. The Morgan fingerprint density at radius 3 is 2.60 bits per heavy atom. The minimum Gasteiger partial charge on any atom is -0.204 e. The Morgan fingerprint density at radius 1 is 1.13 bits per heavy atom. The molecule has 15 heavy (non-hydrogen) atoms. The van der Waals surface area contributed by atoms with Crippen LogP contribution in [-0.4, -0.2) is 0 Å². The molecule has 1 nitrogen and oxygen atoms in total. The zero-order valence-electron chi connectivity index (χ0n) is 7.50. The van der Waals surface area contributed by atoms with Crippen LogP contribution in [0.4, 0.5) is 8.78 Å². The molecule has 0 atom stereocenters. The smallest absolute Gasteiger partial charge is 0.159 e. The van der Waals surface area contributed by atoms with Gasteiger partial charge in [0, 0.05) is 5.56 Å². The van der Waals surface area contributed by atoms with E-state index >= 15 is 0 Å². The van der Waals surface area contributed by atoms with Crippen LogP contribution >= 0.6 is 11.3 Å². The highest BCUT2D eigenvalue weighted by Crippen LogP contribution is 2.28. The third-order valence-corrected chi connectivity index (χ3v) is 2.82. The van der Waals surface area contributed by atoms with Gasteiger partial charge in [0.2, 0.25) is 0 Å². The summed E-state index contributed by atoms with van der Waals surface area (Å²) in [6.07, 6.45) is 0. The third kappa shape index (κ3) is 1.74. The largest absolute Gasteiger partial charge is 0.204 e. The van der Waals surface area contributed by atoms with E-state index in [4.69, 9.17) is 5.26 Å². The van der Waals surface area contributed by atoms with Crippen molar-refractivity contribution in [3.05, 3.63) is 46.2 Å². The Morgan fingerprint density at radius 2 is 1.93 bits per heavy atom. The summed E-state index contributed by atoms with van der Waals surface area (Å²) in [6, 6.07) is 7.34. The molecule has 0 N–H and O–H groups in total. The standard InChI is InChI=1S/C11H5F2NS/c12-9-2-1-7(5-10(9)13)8-3-4-15-11(8)6-14/h1-5H. The normalized spacial score (nSPS) is 9.93. The van der Waals surface area contributed by atoms with Gasteiger partial charge in [0.05, 0.1) is 0 Å². The fourth-order valence-electron chi connectivity index (χ4n) is 1.29. The van der Waals surface area contributed by atoms with Gasteiger partial charge in [-0.05, 0) is 29.1 Å². The number of benzene rings is 1. The van der Waals surface area contributed by atoms with Crippen molar-refractivity contribution in [3.8, 4) is 17.2 Å². The third-order valence-electron chi connectivity index (χ3n) is 2.00. The van der Waals surface area contributed by atoms with Gasteiger partial charge in [-0.3, -0.25) is 0 Å². The molecule has 4 heteroatoms. The summed E-state index contributed by atoms with van der Waals surface area (Å²) in [5.41, 5.74) is 1.16. The predicted molar refractivity (Wildman–Crippen MR) is 54.4 cm³/mol. The van der Waals surface area contributed by atoms with Gasteiger partial charge < -0.3 is 0 Å². The summed E-state index contributed by atoms with van der Waals surface area (Å²) >= 11 is 1.28. The number of hydrogen-bond donors (Lipinski definition) is 0. The molecular formula is C11H5F2NS. The number of nitrogens with zero attached hydrogens (tertiary/aromatic N) is 1. The summed E-state index contributed by atoms with van der Waals surface area (Å²) in [7, 11) is 0. The average molecular weight is 221 g/mol. The van der Waals surface area contributed by atoms with Crippen molar-refractivity contribution in [2.45, 2.75) is 0 Å². The van der Waals surface area contributed by atoms with E-state index in [9.17, 15) is 8.78 Å². The van der Waals surface area contributed by atoms with Crippen LogP contribution in [0.25, 0.3) is 11.1 Å². The summed E-state index contributed by atoms with van der Waals surface area (Å²) in [6.45, 7) is 0. The van der Waals surface area contributed by atoms with E-state index in [1.54, 1.807) is 11.4 Å². The number of halogens is 2. The molecule has 1 heterocycles. The van der Waals surface area contributed by atoms with Gasteiger partial charge in [0.25, 0.3) is 0 Å². The average Bonchev–Trinajstić information content (AvgIpc) is 2.70. The molecule has 0 amide bonds. The molecule has 2 aromatic rings. The molecule has 0 unspecified atom stereocenters. The van der Waals surface area contributed by atoms with Crippen molar-refractivity contribution in [2.24, 2.45) is 0 Å². The number of hydrogen-bond acceptors (Lipinski definition) is 2. The number of nitriles is 1. The number of rotatable bonds is 1. The second-order valence-electron chi connectivity index (χ2n) is 2.90. The quantitative estimate of drug-likeness (QED) is 0.722. The van der Waals surface area contributed by atoms with Gasteiger partial charge in [-0.25, -0.2) is 8.78 Å². The Labute approximate surface area is 89.2 Å². The fraction of sp³-hybridized carbons (Fsp3) is 0. The molecule has 0 fully saturated rings. The van der Waals surface area contributed by atoms with Crippen LogP contribution in [0.1, 0.15) is 4.88 Å². The molecule has 0 aliphatic heterocycles. The topological polar surface area (TPSA) is 23.8 Å². The highest BCUT2D eigenvalue weighted by molar-refractivity contribution is 7.11. The summed E-state index contributed by atoms with van der Waals surface area (Å²) < 4.78 is 25.6. The summed E-state index contributed by atoms with van der Waals surface area (Å²) in [5.74, 6) is -1.78. The Balaban J connectivity index is 2.56. The van der Waals surface area contributed by atoms with Gasteiger partial charge in [-0.1, -0.05) is 6.07 Å². The second kappa shape index (κ2) is 3.79. The van der Waals surface area contributed by atoms with Crippen molar-refractivity contribution in [2.75, 3.05) is 0 Å². The second-order valence-corrected chi connectivity index (χ2v) is 3.82. The summed E-state index contributed by atoms with van der Waals surface area (Å²) in [5, 5.41) is 10.5. The lowest BCUT2D eigenvalue weighted by Gasteiger charge is -1.99. The lowest BCUT2D eigenvalue weighted by atomic mass is 10.1. The van der Waals surface area contributed by atoms with Crippen LogP contribution in [0.3, 0.4) is 0 Å². The monoisotopic (exact) mass is 221 g/mol. The van der Waals surface area contributed by atoms with Crippen LogP contribution in [0.5, 0.6) is 0 Å². The van der Waals surface area contributed by atoms with E-state index in [2.05, 4.69) is 0 Å². The molecule has 0 radical (unpaired) electrons. The van der Waals surface area contributed by atoms with E-state index in [1.165, 1.54) is 17.4 Å². The maximum Gasteiger partial charge on any atom is 0.159 e. The van der Waals surface area contributed by atoms with Crippen LogP contribution in [0.15, 0.2) is 29.6 Å². The van der Waals surface area contributed by atoms with Crippen LogP contribution in [0.2, 0.25) is 0 Å². The van der Waals surface area contributed by atoms with E-state index in [0.717, 1.165) is 12.1 Å². The highest BCUT2D eigenvalue weighted by atomic mass is 32.1. The first-order valence-corrected chi connectivity index (χ1v) is 5.03. The van der Waals surface area contributed by atoms with E-state index in [0.29, 0.717) is 16.0 Å². The van der Waals surface area contributed by atoms with Crippen LogP contribution < -0.4 is 0 Å². The van der Waals surface area contributed by atoms with Gasteiger partial charge in [-0.2, -0.15) is 5.26 Å². The Bertz CT molecular complexity index is 540. The van der Waals surface area contributed by atoms with Gasteiger partial charge in [0.1, 0.15) is 10.9 Å². The van der Waals surface area contributed by atoms with E-state index < -0.39 is 11.6 Å². The van der Waals surface area contributed by atoms with Crippen LogP contribution in [-0.2, 0) is 0 Å². The van der Waals surface area contributed by atoms with E-state index in [-0.39, 0.29) is 0 Å². The fourth-order valence-corrected chi connectivity index (χ4v) is 1.99. The molecule has 1 aromatic carbocycles. The summed E-state index contributed by atoms with van der Waals surface area (Å²) in [4.78, 5) is 0.501. The molecule has 0 bridgehead atoms. The Kier molecular flexibility index (Phi) is 2.48. The first-order valence-electron chi connectivity index (χ1n) is 4.15. The lowest BCUT2D eigenvalue weighted by molar-refractivity contribution is 0.509. The first kappa shape index (κ1) is 9.81. The lowest BCUT2D eigenvalue weighted by Crippen LogP contribution is -1.85. The molecule has 0 aliphatic rings. The van der Waals surface area contributed by atoms with Crippen LogP contribution in [0, 0.1) is 23.0 Å². The zero-order valence-corrected chi connectivity index (χ0v) is 8.31. The molecule has 74 valence electrons. The van der Waals surface area contributed by atoms with Crippen molar-refractivity contribution < 1.29 is 8.78 Å². The molecule has 2 rings (SSSR count). The Hall–Kier alpha value is -1.73.